The molecule has 1 fully saturated rings. The molecule has 5 rings (SSSR count). The van der Waals surface area contributed by atoms with Gasteiger partial charge >= 0.3 is 5.97 Å². The molecule has 0 spiro atoms. The van der Waals surface area contributed by atoms with Gasteiger partial charge in [0.1, 0.15) is 0 Å². The molecular weight excluding hydrogens is 494 g/mol. The second-order valence-electron chi connectivity index (χ2n) is 9.03. The van der Waals surface area contributed by atoms with E-state index in [-0.39, 0.29) is 17.4 Å². The van der Waals surface area contributed by atoms with Crippen molar-refractivity contribution in [2.45, 2.75) is 0 Å². The highest BCUT2D eigenvalue weighted by Crippen LogP contribution is 2.28. The van der Waals surface area contributed by atoms with Crippen molar-refractivity contribution in [3.05, 3.63) is 114 Å². The largest absolute Gasteiger partial charge is 0.478 e. The van der Waals surface area contributed by atoms with Gasteiger partial charge in [0.2, 0.25) is 0 Å². The minimum atomic E-state index is -1.07. The molecule has 1 saturated heterocycles. The summed E-state index contributed by atoms with van der Waals surface area (Å²) in [6, 6.07) is 27.7. The monoisotopic (exact) mass is 521 g/mol. The van der Waals surface area contributed by atoms with E-state index in [0.717, 1.165) is 18.8 Å². The van der Waals surface area contributed by atoms with Crippen molar-refractivity contribution in [3.63, 3.8) is 0 Å². The maximum absolute atomic E-state index is 13.1. The molecule has 1 heterocycles. The molecule has 39 heavy (non-hydrogen) atoms. The number of carbonyl (C=O) groups excluding carboxylic acids is 2. The van der Waals surface area contributed by atoms with E-state index >= 15 is 0 Å². The Hall–Kier alpha value is -4.95. The van der Waals surface area contributed by atoms with Crippen molar-refractivity contribution in [2.75, 3.05) is 41.8 Å². The van der Waals surface area contributed by atoms with Gasteiger partial charge in [-0.1, -0.05) is 36.4 Å². The smallest absolute Gasteiger partial charge is 0.336 e. The fourth-order valence-electron chi connectivity index (χ4n) is 4.50. The molecule has 4 aromatic carbocycles. The average Bonchev–Trinajstić information content (AvgIpc) is 2.98. The number of nitrogens with one attached hydrogen (secondary N) is 2. The molecule has 0 aliphatic carbocycles. The number of rotatable bonds is 7. The van der Waals surface area contributed by atoms with Crippen molar-refractivity contribution in [1.29, 1.82) is 0 Å². The van der Waals surface area contributed by atoms with Gasteiger partial charge in [-0.2, -0.15) is 0 Å². The van der Waals surface area contributed by atoms with Crippen LogP contribution in [0.4, 0.5) is 17.1 Å². The third-order valence-electron chi connectivity index (χ3n) is 6.53. The second-order valence-corrected chi connectivity index (χ2v) is 9.03. The van der Waals surface area contributed by atoms with E-state index in [0.29, 0.717) is 46.8 Å². The SMILES string of the molecule is O=C(Nc1ccc(N2CCOCC2)cc1)c1ccc(NC(=O)c2ccccc2-c2ccccc2C(=O)O)cc1. The van der Waals surface area contributed by atoms with Gasteiger partial charge in [-0.25, -0.2) is 4.79 Å². The number of carboxylic acid groups (broad SMARTS) is 1. The number of benzene rings is 4. The molecule has 0 unspecified atom stereocenters. The lowest BCUT2D eigenvalue weighted by atomic mass is 9.95. The van der Waals surface area contributed by atoms with E-state index in [9.17, 15) is 19.5 Å². The first-order valence-corrected chi connectivity index (χ1v) is 12.6. The van der Waals surface area contributed by atoms with E-state index in [1.165, 1.54) is 6.07 Å². The Morgan fingerprint density at radius 3 is 1.77 bits per heavy atom. The summed E-state index contributed by atoms with van der Waals surface area (Å²) < 4.78 is 5.39. The summed E-state index contributed by atoms with van der Waals surface area (Å²) in [5.41, 5.74) is 4.16. The molecule has 1 aliphatic rings. The lowest BCUT2D eigenvalue weighted by Gasteiger charge is -2.28. The van der Waals surface area contributed by atoms with Crippen molar-refractivity contribution < 1.29 is 24.2 Å². The maximum atomic E-state index is 13.1. The first-order chi connectivity index (χ1) is 19.0. The van der Waals surface area contributed by atoms with Crippen LogP contribution in [0, 0.1) is 0 Å². The van der Waals surface area contributed by atoms with Crippen molar-refractivity contribution in [1.82, 2.24) is 0 Å². The molecule has 4 aromatic rings. The van der Waals surface area contributed by atoms with Gasteiger partial charge in [0.05, 0.1) is 18.8 Å². The molecule has 0 bridgehead atoms. The zero-order valence-corrected chi connectivity index (χ0v) is 21.1. The van der Waals surface area contributed by atoms with Crippen molar-refractivity contribution >= 4 is 34.8 Å². The molecule has 0 aromatic heterocycles. The van der Waals surface area contributed by atoms with E-state index in [2.05, 4.69) is 15.5 Å². The lowest BCUT2D eigenvalue weighted by molar-refractivity contribution is 0.0697. The Labute approximate surface area is 225 Å². The van der Waals surface area contributed by atoms with Crippen LogP contribution in [0.1, 0.15) is 31.1 Å². The summed E-state index contributed by atoms with van der Waals surface area (Å²) in [6.45, 7) is 3.10. The second kappa shape index (κ2) is 11.6. The average molecular weight is 522 g/mol. The number of amides is 2. The van der Waals surface area contributed by atoms with Crippen LogP contribution in [0.2, 0.25) is 0 Å². The number of hydrogen-bond donors (Lipinski definition) is 3. The molecule has 0 saturated carbocycles. The van der Waals surface area contributed by atoms with Crippen molar-refractivity contribution in [3.8, 4) is 11.1 Å². The Bertz CT molecular complexity index is 1490. The predicted molar refractivity (Wildman–Crippen MR) is 151 cm³/mol. The highest BCUT2D eigenvalue weighted by molar-refractivity contribution is 6.10. The topological polar surface area (TPSA) is 108 Å². The predicted octanol–water partition coefficient (Wildman–Crippen LogP) is 5.39. The molecule has 2 amide bonds. The molecule has 3 N–H and O–H groups in total. The van der Waals surface area contributed by atoms with Crippen LogP contribution < -0.4 is 15.5 Å². The van der Waals surface area contributed by atoms with Gasteiger partial charge in [-0.15, -0.1) is 0 Å². The summed E-state index contributed by atoms with van der Waals surface area (Å²) >= 11 is 0. The van der Waals surface area contributed by atoms with E-state index in [1.807, 2.05) is 24.3 Å². The highest BCUT2D eigenvalue weighted by atomic mass is 16.5. The van der Waals surface area contributed by atoms with E-state index in [4.69, 9.17) is 4.74 Å². The number of aromatic carboxylic acids is 1. The molecule has 1 aliphatic heterocycles. The normalized spacial score (nSPS) is 13.0. The fraction of sp³-hybridized carbons (Fsp3) is 0.129. The van der Waals surface area contributed by atoms with Crippen LogP contribution in [0.3, 0.4) is 0 Å². The van der Waals surface area contributed by atoms with Gasteiger partial charge < -0.3 is 25.4 Å². The van der Waals surface area contributed by atoms with Gasteiger partial charge in [0.25, 0.3) is 11.8 Å². The van der Waals surface area contributed by atoms with Crippen molar-refractivity contribution in [2.24, 2.45) is 0 Å². The summed E-state index contributed by atoms with van der Waals surface area (Å²) in [5, 5.41) is 15.3. The Morgan fingerprint density at radius 1 is 0.641 bits per heavy atom. The molecule has 8 heteroatoms. The van der Waals surface area contributed by atoms with Crippen LogP contribution in [0.15, 0.2) is 97.1 Å². The minimum Gasteiger partial charge on any atom is -0.478 e. The molecule has 196 valence electrons. The quantitative estimate of drug-likeness (QED) is 0.301. The molecule has 0 radical (unpaired) electrons. The lowest BCUT2D eigenvalue weighted by Crippen LogP contribution is -2.36. The Morgan fingerprint density at radius 2 is 1.15 bits per heavy atom. The zero-order chi connectivity index (χ0) is 27.2. The van der Waals surface area contributed by atoms with E-state index < -0.39 is 5.97 Å². The zero-order valence-electron chi connectivity index (χ0n) is 21.1. The van der Waals surface area contributed by atoms with Gasteiger partial charge in [-0.05, 0) is 71.8 Å². The summed E-state index contributed by atoms with van der Waals surface area (Å²) in [6.07, 6.45) is 0. The summed E-state index contributed by atoms with van der Waals surface area (Å²) in [4.78, 5) is 39.9. The third kappa shape index (κ3) is 5.97. The van der Waals surface area contributed by atoms with Gasteiger partial charge in [0.15, 0.2) is 0 Å². The molecule has 0 atom stereocenters. The van der Waals surface area contributed by atoms with Gasteiger partial charge in [-0.3, -0.25) is 9.59 Å². The Kier molecular flexibility index (Phi) is 7.65. The maximum Gasteiger partial charge on any atom is 0.336 e. The number of morpholine rings is 1. The minimum absolute atomic E-state index is 0.115. The van der Waals surface area contributed by atoms with Crippen LogP contribution in [0.5, 0.6) is 0 Å². The van der Waals surface area contributed by atoms with Gasteiger partial charge in [0, 0.05) is 41.3 Å². The summed E-state index contributed by atoms with van der Waals surface area (Å²) in [5.74, 6) is -1.71. The molecule has 8 nitrogen and oxygen atoms in total. The van der Waals surface area contributed by atoms with Crippen LogP contribution >= 0.6 is 0 Å². The number of ether oxygens (including phenoxy) is 1. The Balaban J connectivity index is 1.25. The number of carbonyl (C=O) groups is 3. The van der Waals surface area contributed by atoms with Crippen LogP contribution in [0.25, 0.3) is 11.1 Å². The number of nitrogens with zero attached hydrogens (tertiary/aromatic N) is 1. The van der Waals surface area contributed by atoms with Crippen LogP contribution in [-0.4, -0.2) is 49.2 Å². The standard InChI is InChI=1S/C31H27N3O5/c35-29(32-23-13-15-24(16-14-23)34-17-19-39-20-18-34)21-9-11-22(12-10-21)33-30(36)27-7-3-1-5-25(27)26-6-2-4-8-28(26)31(37)38/h1-16H,17-20H2,(H,32,35)(H,33,36)(H,37,38). The number of hydrogen-bond acceptors (Lipinski definition) is 5. The highest BCUT2D eigenvalue weighted by Gasteiger charge is 2.18. The fourth-order valence-corrected chi connectivity index (χ4v) is 4.50. The summed E-state index contributed by atoms with van der Waals surface area (Å²) in [7, 11) is 0. The van der Waals surface area contributed by atoms with Crippen LogP contribution in [-0.2, 0) is 4.74 Å². The number of carboxylic acids is 1. The van der Waals surface area contributed by atoms with E-state index in [1.54, 1.807) is 66.7 Å². The first-order valence-electron chi connectivity index (χ1n) is 12.6. The first kappa shape index (κ1) is 25.7. The number of anilines is 3. The third-order valence-corrected chi connectivity index (χ3v) is 6.53. The molecular formula is C31H27N3O5.